The fourth-order valence-electron chi connectivity index (χ4n) is 3.63. The van der Waals surface area contributed by atoms with E-state index in [-0.39, 0.29) is 11.5 Å². The number of imidazole rings is 1. The number of fused-ring (bicyclic) bond motifs is 1. The third-order valence-electron chi connectivity index (χ3n) is 5.28. The molecule has 4 rings (SSSR count). The lowest BCUT2D eigenvalue weighted by atomic mass is 10.2. The van der Waals surface area contributed by atoms with E-state index in [1.165, 1.54) is 10.4 Å². The molecule has 0 amide bonds. The first-order chi connectivity index (χ1) is 15.5. The maximum atomic E-state index is 13.0. The summed E-state index contributed by atoms with van der Waals surface area (Å²) in [5.74, 6) is 0.0871. The van der Waals surface area contributed by atoms with Gasteiger partial charge in [0.1, 0.15) is 12.4 Å². The summed E-state index contributed by atoms with van der Waals surface area (Å²) in [5.41, 5.74) is 2.24. The van der Waals surface area contributed by atoms with Gasteiger partial charge in [0.25, 0.3) is 0 Å². The Labute approximate surface area is 187 Å². The van der Waals surface area contributed by atoms with Crippen LogP contribution >= 0.6 is 0 Å². The van der Waals surface area contributed by atoms with Crippen molar-refractivity contribution in [1.29, 1.82) is 0 Å². The Morgan fingerprint density at radius 3 is 2.62 bits per heavy atom. The summed E-state index contributed by atoms with van der Waals surface area (Å²) in [6.45, 7) is 4.01. The molecule has 1 fully saturated rings. The molecule has 0 aliphatic carbocycles. The van der Waals surface area contributed by atoms with Crippen molar-refractivity contribution in [2.24, 2.45) is 0 Å². The van der Waals surface area contributed by atoms with Gasteiger partial charge in [-0.3, -0.25) is 0 Å². The molecular weight excluding hydrogens is 430 g/mol. The van der Waals surface area contributed by atoms with Crippen LogP contribution in [0.3, 0.4) is 0 Å². The Hall–Kier alpha value is -3.01. The fraction of sp³-hybridized carbons (Fsp3) is 0.304. The molecule has 0 unspecified atom stereocenters. The van der Waals surface area contributed by atoms with Crippen molar-refractivity contribution in [3.8, 4) is 0 Å². The molecule has 2 aromatic carbocycles. The highest BCUT2D eigenvalue weighted by molar-refractivity contribution is 7.89. The number of ether oxygens (including phenoxy) is 2. The van der Waals surface area contributed by atoms with Gasteiger partial charge in [-0.1, -0.05) is 30.3 Å². The molecule has 0 radical (unpaired) electrons. The van der Waals surface area contributed by atoms with Crippen molar-refractivity contribution in [1.82, 2.24) is 13.9 Å². The van der Waals surface area contributed by atoms with Crippen LogP contribution in [0, 0.1) is 0 Å². The van der Waals surface area contributed by atoms with Gasteiger partial charge in [-0.05, 0) is 36.8 Å². The van der Waals surface area contributed by atoms with E-state index in [4.69, 9.17) is 9.47 Å². The minimum atomic E-state index is -3.61. The number of hydrogen-bond acceptors (Lipinski definition) is 6. The van der Waals surface area contributed by atoms with Crippen LogP contribution in [-0.4, -0.2) is 54.5 Å². The lowest BCUT2D eigenvalue weighted by Crippen LogP contribution is -2.40. The molecule has 1 aliphatic rings. The van der Waals surface area contributed by atoms with E-state index in [2.05, 4.69) is 4.98 Å². The summed E-state index contributed by atoms with van der Waals surface area (Å²) >= 11 is 0. The summed E-state index contributed by atoms with van der Waals surface area (Å²) in [6.07, 6.45) is 3.06. The quantitative estimate of drug-likeness (QED) is 0.402. The maximum absolute atomic E-state index is 13.0. The van der Waals surface area contributed by atoms with Crippen molar-refractivity contribution in [3.05, 3.63) is 66.0 Å². The number of nitrogens with zero attached hydrogens (tertiary/aromatic N) is 3. The normalized spacial score (nSPS) is 15.4. The van der Waals surface area contributed by atoms with Gasteiger partial charge in [-0.2, -0.15) is 4.31 Å². The molecule has 32 heavy (non-hydrogen) atoms. The number of carbonyl (C=O) groups excluding carboxylic acids is 1. The second kappa shape index (κ2) is 9.64. The Morgan fingerprint density at radius 1 is 1.16 bits per heavy atom. The molecule has 1 aliphatic heterocycles. The standard InChI is InChI=1S/C23H25N3O5S/c1-2-26-21-10-9-19(32(28,29)25-12-14-30-15-13-25)16-20(21)24-22(26)17-31-23(27)11-8-18-6-4-3-5-7-18/h3-11,16H,2,12-15,17H2,1H3/b11-8+. The molecule has 0 spiro atoms. The number of aromatic nitrogens is 2. The second-order valence-electron chi connectivity index (χ2n) is 7.29. The van der Waals surface area contributed by atoms with Gasteiger partial charge in [0.2, 0.25) is 10.0 Å². The number of morpholine rings is 1. The smallest absolute Gasteiger partial charge is 0.331 e. The summed E-state index contributed by atoms with van der Waals surface area (Å²) in [5, 5.41) is 0. The largest absolute Gasteiger partial charge is 0.454 e. The number of sulfonamides is 1. The van der Waals surface area contributed by atoms with Crippen molar-refractivity contribution >= 4 is 33.1 Å². The third-order valence-corrected chi connectivity index (χ3v) is 7.17. The highest BCUT2D eigenvalue weighted by Gasteiger charge is 2.27. The molecule has 0 bridgehead atoms. The summed E-state index contributed by atoms with van der Waals surface area (Å²) in [4.78, 5) is 16.9. The molecule has 1 aromatic heterocycles. The zero-order valence-electron chi connectivity index (χ0n) is 17.8. The zero-order chi connectivity index (χ0) is 22.6. The zero-order valence-corrected chi connectivity index (χ0v) is 18.6. The van der Waals surface area contributed by atoms with E-state index in [9.17, 15) is 13.2 Å². The number of aryl methyl sites for hydroxylation is 1. The summed E-state index contributed by atoms with van der Waals surface area (Å²) in [7, 11) is -3.61. The Balaban J connectivity index is 1.52. The minimum absolute atomic E-state index is 0.00791. The second-order valence-corrected chi connectivity index (χ2v) is 9.23. The van der Waals surface area contributed by atoms with Gasteiger partial charge in [0, 0.05) is 25.7 Å². The van der Waals surface area contributed by atoms with Crippen molar-refractivity contribution in [2.45, 2.75) is 25.0 Å². The van der Waals surface area contributed by atoms with Gasteiger partial charge in [0.05, 0.1) is 29.1 Å². The van der Waals surface area contributed by atoms with Crippen molar-refractivity contribution < 1.29 is 22.7 Å². The van der Waals surface area contributed by atoms with Crippen molar-refractivity contribution in [3.63, 3.8) is 0 Å². The molecule has 3 aromatic rings. The molecule has 0 N–H and O–H groups in total. The van der Waals surface area contributed by atoms with E-state index < -0.39 is 16.0 Å². The monoisotopic (exact) mass is 455 g/mol. The summed E-state index contributed by atoms with van der Waals surface area (Å²) in [6, 6.07) is 14.4. The first-order valence-electron chi connectivity index (χ1n) is 10.5. The molecular formula is C23H25N3O5S. The van der Waals surface area contributed by atoms with Crippen LogP contribution in [0.4, 0.5) is 0 Å². The highest BCUT2D eigenvalue weighted by atomic mass is 32.2. The van der Waals surface area contributed by atoms with Crippen LogP contribution in [0.2, 0.25) is 0 Å². The first-order valence-corrected chi connectivity index (χ1v) is 11.9. The topological polar surface area (TPSA) is 90.7 Å². The van der Waals surface area contributed by atoms with E-state index in [0.29, 0.717) is 44.2 Å². The molecule has 0 saturated carbocycles. The van der Waals surface area contributed by atoms with Gasteiger partial charge < -0.3 is 14.0 Å². The highest BCUT2D eigenvalue weighted by Crippen LogP contribution is 2.24. The van der Waals surface area contributed by atoms with E-state index in [0.717, 1.165) is 11.1 Å². The Morgan fingerprint density at radius 2 is 1.91 bits per heavy atom. The molecule has 9 heteroatoms. The number of esters is 1. The maximum Gasteiger partial charge on any atom is 0.331 e. The number of carbonyl (C=O) groups is 1. The number of rotatable bonds is 7. The van der Waals surface area contributed by atoms with Gasteiger partial charge in [0.15, 0.2) is 0 Å². The first kappa shape index (κ1) is 22.2. The molecule has 8 nitrogen and oxygen atoms in total. The third kappa shape index (κ3) is 4.74. The van der Waals surface area contributed by atoms with Crippen LogP contribution in [0.15, 0.2) is 59.5 Å². The van der Waals surface area contributed by atoms with E-state index in [1.807, 2.05) is 41.8 Å². The fourth-order valence-corrected chi connectivity index (χ4v) is 5.06. The predicted molar refractivity (Wildman–Crippen MR) is 120 cm³/mol. The Kier molecular flexibility index (Phi) is 6.69. The van der Waals surface area contributed by atoms with Gasteiger partial charge >= 0.3 is 5.97 Å². The van der Waals surface area contributed by atoms with Gasteiger partial charge in [-0.25, -0.2) is 18.2 Å². The van der Waals surface area contributed by atoms with Crippen molar-refractivity contribution in [2.75, 3.05) is 26.3 Å². The predicted octanol–water partition coefficient (Wildman–Crippen LogP) is 2.83. The molecule has 1 saturated heterocycles. The van der Waals surface area contributed by atoms with E-state index >= 15 is 0 Å². The average molecular weight is 456 g/mol. The van der Waals surface area contributed by atoms with Crippen LogP contribution in [0.5, 0.6) is 0 Å². The molecule has 168 valence electrons. The minimum Gasteiger partial charge on any atom is -0.454 e. The van der Waals surface area contributed by atoms with Crippen LogP contribution in [0.25, 0.3) is 17.1 Å². The number of hydrogen-bond donors (Lipinski definition) is 0. The SMILES string of the molecule is CCn1c(COC(=O)/C=C/c2ccccc2)nc2cc(S(=O)(=O)N3CCOCC3)ccc21. The molecule has 0 atom stereocenters. The lowest BCUT2D eigenvalue weighted by Gasteiger charge is -2.26. The summed E-state index contributed by atoms with van der Waals surface area (Å²) < 4.78 is 39.9. The van der Waals surface area contributed by atoms with Gasteiger partial charge in [-0.15, -0.1) is 0 Å². The lowest BCUT2D eigenvalue weighted by molar-refractivity contribution is -0.139. The van der Waals surface area contributed by atoms with Crippen LogP contribution < -0.4 is 0 Å². The average Bonchev–Trinajstić information content (AvgIpc) is 3.19. The molecule has 2 heterocycles. The van der Waals surface area contributed by atoms with Crippen LogP contribution in [0.1, 0.15) is 18.3 Å². The number of benzene rings is 2. The van der Waals surface area contributed by atoms with E-state index in [1.54, 1.807) is 24.3 Å². The van der Waals surface area contributed by atoms with Crippen LogP contribution in [-0.2, 0) is 37.4 Å². The Bertz CT molecular complexity index is 1230.